The number of hydrogen-bond donors (Lipinski definition) is 0. The summed E-state index contributed by atoms with van der Waals surface area (Å²) in [6.07, 6.45) is 3.42. The first-order valence-electron chi connectivity index (χ1n) is 14.9. The first-order valence-corrected chi connectivity index (χ1v) is 16.1. The predicted octanol–water partition coefficient (Wildman–Crippen LogP) is 4.17. The van der Waals surface area contributed by atoms with Crippen LogP contribution in [0.3, 0.4) is 0 Å². The van der Waals surface area contributed by atoms with Gasteiger partial charge in [-0.1, -0.05) is 62.4 Å². The van der Waals surface area contributed by atoms with E-state index in [9.17, 15) is 19.6 Å². The van der Waals surface area contributed by atoms with Crippen LogP contribution in [0.5, 0.6) is 0 Å². The van der Waals surface area contributed by atoms with Crippen molar-refractivity contribution in [2.45, 2.75) is 47.1 Å². The van der Waals surface area contributed by atoms with Gasteiger partial charge in [0.25, 0.3) is 17.0 Å². The average molecular weight is 632 g/mol. The highest BCUT2D eigenvalue weighted by molar-refractivity contribution is 8.27. The zero-order valence-corrected chi connectivity index (χ0v) is 27.4. The molecule has 0 radical (unpaired) electrons. The number of piperazine rings is 1. The number of anilines is 2. The lowest BCUT2D eigenvalue weighted by molar-refractivity contribution is -0.113. The molecule has 0 saturated carbocycles. The molecule has 0 atom stereocenters. The molecule has 2 aliphatic heterocycles. The lowest BCUT2D eigenvalue weighted by Gasteiger charge is -2.37. The maximum Gasteiger partial charge on any atom is 0.296 e. The number of aromatic nitrogens is 3. The van der Waals surface area contributed by atoms with Crippen molar-refractivity contribution >= 4 is 51.8 Å². The summed E-state index contributed by atoms with van der Waals surface area (Å²) in [5.41, 5.74) is 2.10. The van der Waals surface area contributed by atoms with Gasteiger partial charge in [-0.2, -0.15) is 5.26 Å². The molecule has 0 aliphatic carbocycles. The van der Waals surface area contributed by atoms with E-state index in [2.05, 4.69) is 29.7 Å². The van der Waals surface area contributed by atoms with Crippen molar-refractivity contribution in [1.29, 1.82) is 5.26 Å². The molecule has 5 rings (SSSR count). The maximum atomic E-state index is 14.1. The Balaban J connectivity index is 1.65. The van der Waals surface area contributed by atoms with Crippen molar-refractivity contribution in [3.8, 4) is 11.8 Å². The topological polar surface area (TPSA) is 99.5 Å². The minimum atomic E-state index is -0.406. The van der Waals surface area contributed by atoms with E-state index in [0.717, 1.165) is 63.1 Å². The summed E-state index contributed by atoms with van der Waals surface area (Å²) in [4.78, 5) is 47.7. The number of nitriles is 1. The minimum Gasteiger partial charge on any atom is -0.355 e. The number of rotatable bonds is 8. The first kappa shape index (κ1) is 31.5. The quantitative estimate of drug-likeness (QED) is 0.270. The van der Waals surface area contributed by atoms with Gasteiger partial charge in [-0.3, -0.25) is 28.5 Å². The highest BCUT2D eigenvalue weighted by Gasteiger charge is 2.38. The highest BCUT2D eigenvalue weighted by atomic mass is 32.2. The van der Waals surface area contributed by atoms with Crippen LogP contribution in [0.2, 0.25) is 0 Å². The van der Waals surface area contributed by atoms with E-state index in [4.69, 9.17) is 12.2 Å². The van der Waals surface area contributed by atoms with Gasteiger partial charge in [0.2, 0.25) is 0 Å². The number of thiocarbonyl (C=S) groups is 1. The van der Waals surface area contributed by atoms with Crippen LogP contribution in [-0.2, 0) is 18.4 Å². The third kappa shape index (κ3) is 5.44. The molecule has 2 aliphatic rings. The molecular weight excluding hydrogens is 595 g/mol. The number of nitrogens with zero attached hydrogens (tertiary/aromatic N) is 7. The molecule has 0 bridgehead atoms. The molecule has 4 heterocycles. The van der Waals surface area contributed by atoms with Crippen LogP contribution in [0.1, 0.15) is 49.1 Å². The second-order valence-electron chi connectivity index (χ2n) is 11.0. The number of likely N-dealkylation sites (N-methyl/N-ethyl adjacent to an activating group) is 1. The van der Waals surface area contributed by atoms with Crippen molar-refractivity contribution in [2.24, 2.45) is 7.05 Å². The van der Waals surface area contributed by atoms with Crippen molar-refractivity contribution in [1.82, 2.24) is 18.8 Å². The summed E-state index contributed by atoms with van der Waals surface area (Å²) in [6.45, 7) is 12.3. The van der Waals surface area contributed by atoms with Gasteiger partial charge in [-0.25, -0.2) is 4.68 Å². The van der Waals surface area contributed by atoms with E-state index in [0.29, 0.717) is 34.0 Å². The summed E-state index contributed by atoms with van der Waals surface area (Å²) in [5, 5.41) is 10.0. The Kier molecular flexibility index (Phi) is 9.29. The van der Waals surface area contributed by atoms with Crippen LogP contribution in [0.4, 0.5) is 11.5 Å². The van der Waals surface area contributed by atoms with Gasteiger partial charge >= 0.3 is 0 Å². The van der Waals surface area contributed by atoms with Crippen LogP contribution in [0.25, 0.3) is 11.8 Å². The fourth-order valence-corrected chi connectivity index (χ4v) is 7.14. The standard InChI is InChI=1S/C32H37N7O3S2/c1-6-8-14-37-28(36-17-15-35(7-2)16-18-36)24(21(3)25(20-33)29(37)40)19-26-30(41)38(32(43)44-26)27-22(4)34(5)39(31(27)42)23-12-10-9-11-13-23/h9-13,19H,6-8,14-18H2,1-5H3/b26-19+. The predicted molar refractivity (Wildman–Crippen MR) is 181 cm³/mol. The molecule has 230 valence electrons. The number of thioether (sulfide) groups is 1. The highest BCUT2D eigenvalue weighted by Crippen LogP contribution is 2.38. The normalized spacial score (nSPS) is 16.8. The molecule has 3 aromatic rings. The molecule has 0 N–H and O–H groups in total. The Morgan fingerprint density at radius 1 is 1.02 bits per heavy atom. The van der Waals surface area contributed by atoms with E-state index in [-0.39, 0.29) is 26.7 Å². The van der Waals surface area contributed by atoms with Gasteiger partial charge in [0.15, 0.2) is 4.32 Å². The largest absolute Gasteiger partial charge is 0.355 e. The smallest absolute Gasteiger partial charge is 0.296 e. The van der Waals surface area contributed by atoms with Gasteiger partial charge in [0.05, 0.1) is 16.3 Å². The molecule has 44 heavy (non-hydrogen) atoms. The molecule has 2 saturated heterocycles. The number of benzene rings is 1. The van der Waals surface area contributed by atoms with Gasteiger partial charge in [-0.15, -0.1) is 0 Å². The van der Waals surface area contributed by atoms with E-state index in [1.54, 1.807) is 36.2 Å². The molecule has 10 nitrogen and oxygen atoms in total. The molecular formula is C32H37N7O3S2. The molecule has 12 heteroatoms. The van der Waals surface area contributed by atoms with Crippen molar-refractivity contribution in [3.63, 3.8) is 0 Å². The number of pyridine rings is 1. The third-order valence-electron chi connectivity index (χ3n) is 8.52. The number of carbonyl (C=O) groups is 1. The second-order valence-corrected chi connectivity index (χ2v) is 12.7. The lowest BCUT2D eigenvalue weighted by atomic mass is 10.0. The zero-order valence-electron chi connectivity index (χ0n) is 25.8. The number of amides is 1. The number of hydrogen-bond acceptors (Lipinski definition) is 8. The Bertz CT molecular complexity index is 1810. The summed E-state index contributed by atoms with van der Waals surface area (Å²) in [6, 6.07) is 11.4. The van der Waals surface area contributed by atoms with Crippen LogP contribution in [-0.4, -0.2) is 61.8 Å². The fourth-order valence-electron chi connectivity index (χ4n) is 5.89. The van der Waals surface area contributed by atoms with Crippen LogP contribution >= 0.6 is 24.0 Å². The van der Waals surface area contributed by atoms with Crippen LogP contribution in [0, 0.1) is 25.2 Å². The van der Waals surface area contributed by atoms with Crippen LogP contribution in [0.15, 0.2) is 44.8 Å². The summed E-state index contributed by atoms with van der Waals surface area (Å²) < 4.78 is 5.20. The Morgan fingerprint density at radius 3 is 2.32 bits per heavy atom. The average Bonchev–Trinajstić information content (AvgIpc) is 3.42. The van der Waals surface area contributed by atoms with Gasteiger partial charge in [0, 0.05) is 45.3 Å². The number of para-hydroxylation sites is 1. The maximum absolute atomic E-state index is 14.1. The van der Waals surface area contributed by atoms with Gasteiger partial charge < -0.3 is 9.80 Å². The third-order valence-corrected chi connectivity index (χ3v) is 9.82. The Hall–Kier alpha value is -3.92. The summed E-state index contributed by atoms with van der Waals surface area (Å²) in [5.74, 6) is 0.320. The monoisotopic (exact) mass is 631 g/mol. The summed E-state index contributed by atoms with van der Waals surface area (Å²) >= 11 is 6.82. The van der Waals surface area contributed by atoms with Gasteiger partial charge in [0.1, 0.15) is 23.1 Å². The summed E-state index contributed by atoms with van der Waals surface area (Å²) in [7, 11) is 1.78. The first-order chi connectivity index (χ1) is 21.1. The van der Waals surface area contributed by atoms with E-state index in [1.807, 2.05) is 30.3 Å². The Morgan fingerprint density at radius 2 is 1.70 bits per heavy atom. The SMILES string of the molecule is CCCCn1c(N2CCN(CC)CC2)c(/C=C2/SC(=S)N(c3c(C)n(C)n(-c4ccccc4)c3=O)C2=O)c(C)c(C#N)c1=O. The molecule has 1 amide bonds. The van der Waals surface area contributed by atoms with Crippen LogP contribution < -0.4 is 20.9 Å². The molecule has 2 aromatic heterocycles. The second kappa shape index (κ2) is 13.0. The van der Waals surface area contributed by atoms with E-state index in [1.165, 1.54) is 9.58 Å². The van der Waals surface area contributed by atoms with E-state index < -0.39 is 5.91 Å². The van der Waals surface area contributed by atoms with Crippen molar-refractivity contribution < 1.29 is 4.79 Å². The van der Waals surface area contributed by atoms with E-state index >= 15 is 0 Å². The van der Waals surface area contributed by atoms with Crippen molar-refractivity contribution in [2.75, 3.05) is 42.5 Å². The molecule has 2 fully saturated rings. The Labute approximate surface area is 266 Å². The number of carbonyl (C=O) groups excluding carboxylic acids is 1. The number of unbranched alkanes of at least 4 members (excludes halogenated alkanes) is 1. The molecule has 1 aromatic carbocycles. The van der Waals surface area contributed by atoms with Crippen molar-refractivity contribution in [3.05, 3.63) is 78.3 Å². The minimum absolute atomic E-state index is 0.0726. The fraction of sp³-hybridized carbons (Fsp3) is 0.406. The zero-order chi connectivity index (χ0) is 31.7. The molecule has 0 spiro atoms. The lowest BCUT2D eigenvalue weighted by Crippen LogP contribution is -2.48. The van der Waals surface area contributed by atoms with Gasteiger partial charge in [-0.05, 0) is 50.6 Å². The molecule has 0 unspecified atom stereocenters.